The van der Waals surface area contributed by atoms with Crippen LogP contribution in [0.1, 0.15) is 44.3 Å². The number of rotatable bonds is 7. The molecule has 2 saturated carbocycles. The molecule has 2 aliphatic rings. The molecule has 1 aromatic heterocycles. The van der Waals surface area contributed by atoms with E-state index in [-0.39, 0.29) is 49.8 Å². The zero-order valence-electron chi connectivity index (χ0n) is 17.9. The third-order valence-electron chi connectivity index (χ3n) is 6.44. The zero-order valence-corrected chi connectivity index (χ0v) is 18.7. The molecule has 33 heavy (non-hydrogen) atoms. The molecule has 0 atom stereocenters. The molecule has 6 nitrogen and oxygen atoms in total. The van der Waals surface area contributed by atoms with E-state index < -0.39 is 18.2 Å². The second kappa shape index (κ2) is 9.93. The lowest BCUT2D eigenvalue weighted by molar-refractivity contribution is -0.219. The molecule has 0 spiro atoms. The van der Waals surface area contributed by atoms with Crippen LogP contribution in [0.4, 0.5) is 13.2 Å². The van der Waals surface area contributed by atoms with Crippen LogP contribution in [0.15, 0.2) is 28.7 Å². The smallest absolute Gasteiger partial charge is 0.392 e. The molecule has 0 radical (unpaired) electrons. The van der Waals surface area contributed by atoms with E-state index in [4.69, 9.17) is 20.8 Å². The molecule has 4 rings (SSSR count). The van der Waals surface area contributed by atoms with Crippen molar-refractivity contribution in [3.63, 3.8) is 0 Å². The van der Waals surface area contributed by atoms with Crippen molar-refractivity contribution in [1.82, 2.24) is 10.6 Å². The number of nitrogens with one attached hydrogen (secondary N) is 2. The molecule has 1 heterocycles. The standard InChI is InChI=1S/C23H26ClF3N2O4/c24-16-3-6-20-14(7-16)8-19(33-20)11-28-22(31)13-1-4-17(5-2-13)29-21(30)12-32-18-9-15(10-18)23(25,26)27/h3,6-8,13,15,17-18H,1-2,4-5,9-12H2,(H,28,31)(H,29,30). The van der Waals surface area contributed by atoms with Crippen molar-refractivity contribution < 1.29 is 31.9 Å². The molecule has 0 bridgehead atoms. The number of fused-ring (bicyclic) bond motifs is 1. The highest BCUT2D eigenvalue weighted by atomic mass is 35.5. The Kier molecular flexibility index (Phi) is 7.19. The Labute approximate surface area is 194 Å². The molecule has 2 aromatic rings. The molecule has 0 aliphatic heterocycles. The van der Waals surface area contributed by atoms with Crippen molar-refractivity contribution in [3.8, 4) is 0 Å². The summed E-state index contributed by atoms with van der Waals surface area (Å²) in [6, 6.07) is 7.13. The lowest BCUT2D eigenvalue weighted by Crippen LogP contribution is -2.44. The van der Waals surface area contributed by atoms with E-state index in [1.807, 2.05) is 6.07 Å². The average Bonchev–Trinajstić information content (AvgIpc) is 3.12. The Hall–Kier alpha value is -2.26. The van der Waals surface area contributed by atoms with E-state index in [0.29, 0.717) is 42.0 Å². The van der Waals surface area contributed by atoms with Gasteiger partial charge in [-0.3, -0.25) is 9.59 Å². The maximum Gasteiger partial charge on any atom is 0.392 e. The topological polar surface area (TPSA) is 80.6 Å². The molecular formula is C23H26ClF3N2O4. The summed E-state index contributed by atoms with van der Waals surface area (Å²) in [5, 5.41) is 7.26. The van der Waals surface area contributed by atoms with Gasteiger partial charge in [-0.15, -0.1) is 0 Å². The van der Waals surface area contributed by atoms with Crippen molar-refractivity contribution in [2.75, 3.05) is 6.61 Å². The van der Waals surface area contributed by atoms with Crippen LogP contribution in [0.25, 0.3) is 11.0 Å². The van der Waals surface area contributed by atoms with Crippen LogP contribution in [0, 0.1) is 11.8 Å². The molecule has 180 valence electrons. The molecule has 10 heteroatoms. The lowest BCUT2D eigenvalue weighted by atomic mass is 9.82. The van der Waals surface area contributed by atoms with E-state index in [1.54, 1.807) is 18.2 Å². The summed E-state index contributed by atoms with van der Waals surface area (Å²) in [7, 11) is 0. The van der Waals surface area contributed by atoms with Gasteiger partial charge in [0.05, 0.1) is 18.6 Å². The van der Waals surface area contributed by atoms with Crippen LogP contribution in [-0.2, 0) is 20.9 Å². The van der Waals surface area contributed by atoms with Crippen LogP contribution in [-0.4, -0.2) is 36.7 Å². The van der Waals surface area contributed by atoms with Crippen molar-refractivity contribution in [1.29, 1.82) is 0 Å². The third-order valence-corrected chi connectivity index (χ3v) is 6.67. The maximum absolute atomic E-state index is 12.5. The highest BCUT2D eigenvalue weighted by Crippen LogP contribution is 2.42. The van der Waals surface area contributed by atoms with Gasteiger partial charge in [-0.1, -0.05) is 11.6 Å². The number of halogens is 4. The van der Waals surface area contributed by atoms with Gasteiger partial charge in [0.15, 0.2) is 0 Å². The zero-order chi connectivity index (χ0) is 23.6. The molecule has 0 saturated heterocycles. The largest absolute Gasteiger partial charge is 0.459 e. The first-order valence-electron chi connectivity index (χ1n) is 11.1. The third kappa shape index (κ3) is 6.20. The fourth-order valence-electron chi connectivity index (χ4n) is 4.41. The first-order valence-corrected chi connectivity index (χ1v) is 11.5. The molecular weight excluding hydrogens is 461 g/mol. The second-order valence-electron chi connectivity index (χ2n) is 8.87. The number of ether oxygens (including phenoxy) is 1. The minimum atomic E-state index is -4.19. The summed E-state index contributed by atoms with van der Waals surface area (Å²) in [6.07, 6.45) is -2.26. The Morgan fingerprint density at radius 2 is 1.85 bits per heavy atom. The highest BCUT2D eigenvalue weighted by Gasteiger charge is 2.48. The fourth-order valence-corrected chi connectivity index (χ4v) is 4.59. The van der Waals surface area contributed by atoms with Crippen LogP contribution in [0.2, 0.25) is 5.02 Å². The average molecular weight is 487 g/mol. The number of carbonyl (C=O) groups excluding carboxylic acids is 2. The highest BCUT2D eigenvalue weighted by molar-refractivity contribution is 6.31. The van der Waals surface area contributed by atoms with E-state index in [9.17, 15) is 22.8 Å². The van der Waals surface area contributed by atoms with Crippen molar-refractivity contribution in [2.45, 2.75) is 63.4 Å². The number of amides is 2. The van der Waals surface area contributed by atoms with Crippen molar-refractivity contribution in [3.05, 3.63) is 35.0 Å². The second-order valence-corrected chi connectivity index (χ2v) is 9.31. The summed E-state index contributed by atoms with van der Waals surface area (Å²) in [5.41, 5.74) is 0.710. The summed E-state index contributed by atoms with van der Waals surface area (Å²) in [6.45, 7) is 0.0495. The van der Waals surface area contributed by atoms with Gasteiger partial charge < -0.3 is 19.8 Å². The summed E-state index contributed by atoms with van der Waals surface area (Å²) >= 11 is 5.98. The maximum atomic E-state index is 12.5. The van der Waals surface area contributed by atoms with E-state index in [0.717, 1.165) is 5.39 Å². The fraction of sp³-hybridized carbons (Fsp3) is 0.565. The summed E-state index contributed by atoms with van der Waals surface area (Å²) in [4.78, 5) is 24.6. The van der Waals surface area contributed by atoms with Crippen LogP contribution < -0.4 is 10.6 Å². The number of hydrogen-bond acceptors (Lipinski definition) is 4. The summed E-state index contributed by atoms with van der Waals surface area (Å²) < 4.78 is 48.5. The van der Waals surface area contributed by atoms with Crippen molar-refractivity contribution in [2.24, 2.45) is 11.8 Å². The predicted octanol–water partition coefficient (Wildman–Crippen LogP) is 4.73. The molecule has 2 amide bonds. The number of benzene rings is 1. The van der Waals surface area contributed by atoms with Crippen LogP contribution in [0.5, 0.6) is 0 Å². The van der Waals surface area contributed by atoms with Gasteiger partial charge in [-0.05, 0) is 62.8 Å². The van der Waals surface area contributed by atoms with Gasteiger partial charge in [-0.2, -0.15) is 13.2 Å². The van der Waals surface area contributed by atoms with Crippen LogP contribution >= 0.6 is 11.6 Å². The van der Waals surface area contributed by atoms with Gasteiger partial charge in [0, 0.05) is 22.4 Å². The van der Waals surface area contributed by atoms with E-state index in [1.165, 1.54) is 0 Å². The predicted molar refractivity (Wildman–Crippen MR) is 115 cm³/mol. The number of hydrogen-bond donors (Lipinski definition) is 2. The van der Waals surface area contributed by atoms with Gasteiger partial charge in [0.25, 0.3) is 0 Å². The van der Waals surface area contributed by atoms with E-state index in [2.05, 4.69) is 10.6 Å². The first kappa shape index (κ1) is 23.9. The SMILES string of the molecule is O=C(COC1CC(C(F)(F)F)C1)NC1CCC(C(=O)NCc2cc3cc(Cl)ccc3o2)CC1. The van der Waals surface area contributed by atoms with Gasteiger partial charge in [-0.25, -0.2) is 0 Å². The molecule has 0 unspecified atom stereocenters. The monoisotopic (exact) mass is 486 g/mol. The van der Waals surface area contributed by atoms with Crippen molar-refractivity contribution >= 4 is 34.4 Å². The van der Waals surface area contributed by atoms with Gasteiger partial charge >= 0.3 is 6.18 Å². The molecule has 2 N–H and O–H groups in total. The van der Waals surface area contributed by atoms with Crippen LogP contribution in [0.3, 0.4) is 0 Å². The number of furan rings is 1. The molecule has 2 fully saturated rings. The van der Waals surface area contributed by atoms with E-state index >= 15 is 0 Å². The molecule has 1 aromatic carbocycles. The lowest BCUT2D eigenvalue weighted by Gasteiger charge is -2.36. The molecule has 2 aliphatic carbocycles. The quantitative estimate of drug-likeness (QED) is 0.592. The number of alkyl halides is 3. The minimum Gasteiger partial charge on any atom is -0.459 e. The first-order chi connectivity index (χ1) is 15.7. The Bertz CT molecular complexity index is 995. The number of carbonyl (C=O) groups is 2. The normalized spacial score (nSPS) is 25.5. The Morgan fingerprint density at radius 1 is 1.12 bits per heavy atom. The minimum absolute atomic E-state index is 0.0502. The Morgan fingerprint density at radius 3 is 2.55 bits per heavy atom. The van der Waals surface area contributed by atoms with Gasteiger partial charge in [0.2, 0.25) is 11.8 Å². The Balaban J connectivity index is 1.13. The summed E-state index contributed by atoms with van der Waals surface area (Å²) in [5.74, 6) is -1.19. The van der Waals surface area contributed by atoms with Gasteiger partial charge in [0.1, 0.15) is 18.0 Å².